The van der Waals surface area contributed by atoms with Crippen molar-refractivity contribution in [1.29, 1.82) is 0 Å². The van der Waals surface area contributed by atoms with Crippen molar-refractivity contribution in [3.63, 3.8) is 0 Å². The van der Waals surface area contributed by atoms with Crippen molar-refractivity contribution < 1.29 is 8.42 Å². The fourth-order valence-corrected chi connectivity index (χ4v) is 6.15. The molecule has 0 aromatic carbocycles. The van der Waals surface area contributed by atoms with Crippen LogP contribution in [0.15, 0.2) is 16.3 Å². The molecule has 0 amide bonds. The second kappa shape index (κ2) is 4.68. The summed E-state index contributed by atoms with van der Waals surface area (Å²) in [6.07, 6.45) is 0.893. The first-order chi connectivity index (χ1) is 7.55. The van der Waals surface area contributed by atoms with Crippen LogP contribution < -0.4 is 0 Å². The van der Waals surface area contributed by atoms with E-state index in [4.69, 9.17) is 0 Å². The number of thiophene rings is 1. The van der Waals surface area contributed by atoms with E-state index in [-0.39, 0.29) is 5.37 Å². The molecule has 1 fully saturated rings. The molecule has 1 aromatic rings. The minimum absolute atomic E-state index is 0.0668. The van der Waals surface area contributed by atoms with E-state index in [2.05, 4.69) is 0 Å². The predicted molar refractivity (Wildman–Crippen MR) is 69.5 cm³/mol. The van der Waals surface area contributed by atoms with Crippen molar-refractivity contribution in [2.24, 2.45) is 0 Å². The van der Waals surface area contributed by atoms with E-state index in [1.165, 1.54) is 11.3 Å². The molecule has 1 aromatic heterocycles. The van der Waals surface area contributed by atoms with E-state index in [1.54, 1.807) is 22.1 Å². The third-order valence-electron chi connectivity index (χ3n) is 2.62. The molecule has 2 heterocycles. The van der Waals surface area contributed by atoms with Gasteiger partial charge in [-0.25, -0.2) is 8.42 Å². The van der Waals surface area contributed by atoms with E-state index in [0.717, 1.165) is 17.1 Å². The van der Waals surface area contributed by atoms with E-state index in [0.29, 0.717) is 10.8 Å². The molecule has 6 heteroatoms. The summed E-state index contributed by atoms with van der Waals surface area (Å²) in [6, 6.07) is 3.64. The summed E-state index contributed by atoms with van der Waals surface area (Å²) in [6.45, 7) is 4.62. The van der Waals surface area contributed by atoms with Gasteiger partial charge in [0.2, 0.25) is 0 Å². The molecule has 0 N–H and O–H groups in total. The first-order valence-electron chi connectivity index (χ1n) is 5.28. The summed E-state index contributed by atoms with van der Waals surface area (Å²) in [4.78, 5) is 1.12. The molecule has 0 saturated carbocycles. The molecule has 0 spiro atoms. The maximum Gasteiger partial charge on any atom is 0.253 e. The maximum atomic E-state index is 12.3. The lowest BCUT2D eigenvalue weighted by atomic mass is 10.4. The lowest BCUT2D eigenvalue weighted by Crippen LogP contribution is -2.32. The Kier molecular flexibility index (Phi) is 3.63. The van der Waals surface area contributed by atoms with E-state index in [1.807, 2.05) is 19.9 Å². The molecule has 1 atom stereocenters. The Labute approximate surface area is 105 Å². The first-order valence-corrected chi connectivity index (χ1v) is 8.58. The minimum atomic E-state index is -3.25. The third kappa shape index (κ3) is 2.16. The normalized spacial score (nSPS) is 22.8. The van der Waals surface area contributed by atoms with Crippen LogP contribution in [0.5, 0.6) is 0 Å². The predicted octanol–water partition coefficient (Wildman–Crippen LogP) is 2.39. The van der Waals surface area contributed by atoms with Gasteiger partial charge in [-0.15, -0.1) is 23.1 Å². The Balaban J connectivity index is 2.31. The SMILES string of the molecule is CCc1ccc(S(=O)(=O)N2CCSC2C)s1. The summed E-state index contributed by atoms with van der Waals surface area (Å²) in [5.41, 5.74) is 0. The van der Waals surface area contributed by atoms with Crippen molar-refractivity contribution >= 4 is 33.1 Å². The molecule has 0 radical (unpaired) electrons. The Bertz CT molecular complexity index is 466. The summed E-state index contributed by atoms with van der Waals surface area (Å²) >= 11 is 3.08. The zero-order chi connectivity index (χ0) is 11.8. The van der Waals surface area contributed by atoms with Gasteiger partial charge < -0.3 is 0 Å². The van der Waals surface area contributed by atoms with Crippen LogP contribution in [-0.4, -0.2) is 30.4 Å². The van der Waals surface area contributed by atoms with Crippen molar-refractivity contribution in [3.8, 4) is 0 Å². The smallest absolute Gasteiger partial charge is 0.206 e. The van der Waals surface area contributed by atoms with Crippen molar-refractivity contribution in [2.75, 3.05) is 12.3 Å². The molecule has 2 rings (SSSR count). The van der Waals surface area contributed by atoms with Gasteiger partial charge in [-0.3, -0.25) is 0 Å². The van der Waals surface area contributed by atoms with Crippen LogP contribution in [0, 0.1) is 0 Å². The molecular formula is C10H15NO2S3. The zero-order valence-corrected chi connectivity index (χ0v) is 11.8. The van der Waals surface area contributed by atoms with Crippen LogP contribution >= 0.6 is 23.1 Å². The van der Waals surface area contributed by atoms with Crippen molar-refractivity contribution in [2.45, 2.75) is 29.9 Å². The minimum Gasteiger partial charge on any atom is -0.206 e. The molecule has 3 nitrogen and oxygen atoms in total. The number of thioether (sulfide) groups is 1. The van der Waals surface area contributed by atoms with E-state index < -0.39 is 10.0 Å². The monoisotopic (exact) mass is 277 g/mol. The highest BCUT2D eigenvalue weighted by molar-refractivity contribution is 8.01. The van der Waals surface area contributed by atoms with Crippen LogP contribution in [0.1, 0.15) is 18.7 Å². The highest BCUT2D eigenvalue weighted by Gasteiger charge is 2.33. The number of rotatable bonds is 3. The van der Waals surface area contributed by atoms with Crippen LogP contribution in [0.3, 0.4) is 0 Å². The number of sulfonamides is 1. The Morgan fingerprint density at radius 2 is 2.25 bits per heavy atom. The quantitative estimate of drug-likeness (QED) is 0.851. The van der Waals surface area contributed by atoms with E-state index >= 15 is 0 Å². The van der Waals surface area contributed by atoms with Gasteiger partial charge >= 0.3 is 0 Å². The highest BCUT2D eigenvalue weighted by atomic mass is 32.2. The fourth-order valence-electron chi connectivity index (χ4n) is 1.70. The van der Waals surface area contributed by atoms with Gasteiger partial charge in [0.25, 0.3) is 10.0 Å². The van der Waals surface area contributed by atoms with Gasteiger partial charge in [0, 0.05) is 17.2 Å². The van der Waals surface area contributed by atoms with Crippen LogP contribution in [0.25, 0.3) is 0 Å². The van der Waals surface area contributed by atoms with E-state index in [9.17, 15) is 8.42 Å². The average Bonchev–Trinajstić information content (AvgIpc) is 2.85. The fraction of sp³-hybridized carbons (Fsp3) is 0.600. The first kappa shape index (κ1) is 12.4. The lowest BCUT2D eigenvalue weighted by Gasteiger charge is -2.18. The van der Waals surface area contributed by atoms with Crippen molar-refractivity contribution in [3.05, 3.63) is 17.0 Å². The second-order valence-corrected chi connectivity index (χ2v) is 8.37. The topological polar surface area (TPSA) is 37.4 Å². The summed E-state index contributed by atoms with van der Waals surface area (Å²) < 4.78 is 26.7. The molecule has 0 aliphatic carbocycles. The Morgan fingerprint density at radius 1 is 1.50 bits per heavy atom. The largest absolute Gasteiger partial charge is 0.253 e. The van der Waals surface area contributed by atoms with Gasteiger partial charge in [0.1, 0.15) is 4.21 Å². The molecule has 16 heavy (non-hydrogen) atoms. The summed E-state index contributed by atoms with van der Waals surface area (Å²) in [5.74, 6) is 0.895. The van der Waals surface area contributed by atoms with Gasteiger partial charge in [0.05, 0.1) is 5.37 Å². The molecule has 1 aliphatic rings. The van der Waals surface area contributed by atoms with Gasteiger partial charge in [-0.05, 0) is 25.5 Å². The average molecular weight is 277 g/mol. The molecule has 1 unspecified atom stereocenters. The summed E-state index contributed by atoms with van der Waals surface area (Å²) in [7, 11) is -3.25. The molecule has 1 aliphatic heterocycles. The number of hydrogen-bond donors (Lipinski definition) is 0. The Morgan fingerprint density at radius 3 is 2.75 bits per heavy atom. The molecule has 0 bridgehead atoms. The zero-order valence-electron chi connectivity index (χ0n) is 9.34. The second-order valence-electron chi connectivity index (χ2n) is 3.66. The number of nitrogens with zero attached hydrogens (tertiary/aromatic N) is 1. The van der Waals surface area contributed by atoms with Gasteiger partial charge in [0.15, 0.2) is 0 Å². The molecule has 1 saturated heterocycles. The maximum absolute atomic E-state index is 12.3. The standard InChI is InChI=1S/C10H15NO2S3/c1-3-9-4-5-10(15-9)16(12,13)11-6-7-14-8(11)2/h4-5,8H,3,6-7H2,1-2H3. The number of hydrogen-bond acceptors (Lipinski definition) is 4. The van der Waals surface area contributed by atoms with Crippen LogP contribution in [-0.2, 0) is 16.4 Å². The molecule has 90 valence electrons. The third-order valence-corrected chi connectivity index (χ3v) is 7.58. The highest BCUT2D eigenvalue weighted by Crippen LogP contribution is 2.32. The van der Waals surface area contributed by atoms with Crippen molar-refractivity contribution in [1.82, 2.24) is 4.31 Å². The van der Waals surface area contributed by atoms with Gasteiger partial charge in [-0.2, -0.15) is 4.31 Å². The summed E-state index contributed by atoms with van der Waals surface area (Å²) in [5, 5.41) is 0.0668. The van der Waals surface area contributed by atoms with Crippen LogP contribution in [0.4, 0.5) is 0 Å². The van der Waals surface area contributed by atoms with Gasteiger partial charge in [-0.1, -0.05) is 6.92 Å². The van der Waals surface area contributed by atoms with Crippen LogP contribution in [0.2, 0.25) is 0 Å². The molecular weight excluding hydrogens is 262 g/mol. The number of aryl methyl sites for hydroxylation is 1. The Hall–Kier alpha value is -0.0400. The lowest BCUT2D eigenvalue weighted by molar-refractivity contribution is 0.443.